The van der Waals surface area contributed by atoms with Gasteiger partial charge in [-0.2, -0.15) is 0 Å². The van der Waals surface area contributed by atoms with E-state index in [1.54, 1.807) is 24.4 Å². The molecule has 2 heterocycles. The van der Waals surface area contributed by atoms with Crippen molar-refractivity contribution < 1.29 is 13.9 Å². The van der Waals surface area contributed by atoms with E-state index < -0.39 is 5.97 Å². The van der Waals surface area contributed by atoms with Crippen molar-refractivity contribution >= 4 is 16.9 Å². The van der Waals surface area contributed by atoms with Gasteiger partial charge in [0.15, 0.2) is 0 Å². The Morgan fingerprint density at radius 1 is 1.29 bits per heavy atom. The first kappa shape index (κ1) is 13.3. The third-order valence-corrected chi connectivity index (χ3v) is 3.32. The summed E-state index contributed by atoms with van der Waals surface area (Å²) in [4.78, 5) is 15.6. The highest BCUT2D eigenvalue weighted by atomic mass is 19.1. The number of benzene rings is 1. The Labute approximate surface area is 120 Å². The fourth-order valence-electron chi connectivity index (χ4n) is 2.23. The standard InChI is InChI=1S/C16H13FN2O2/c1-21-16(20)14-8-12-6-7-19(15(12)9-18-14)10-11-2-4-13(17)5-3-11/h2-9H,10H2,1H3. The lowest BCUT2D eigenvalue weighted by molar-refractivity contribution is 0.0594. The van der Waals surface area contributed by atoms with Crippen molar-refractivity contribution in [3.63, 3.8) is 0 Å². The molecule has 21 heavy (non-hydrogen) atoms. The van der Waals surface area contributed by atoms with Crippen LogP contribution in [0.3, 0.4) is 0 Å². The summed E-state index contributed by atoms with van der Waals surface area (Å²) in [6.45, 7) is 0.614. The number of ether oxygens (including phenoxy) is 1. The van der Waals surface area contributed by atoms with E-state index in [0.29, 0.717) is 6.54 Å². The second kappa shape index (κ2) is 5.36. The van der Waals surface area contributed by atoms with E-state index in [9.17, 15) is 9.18 Å². The van der Waals surface area contributed by atoms with Crippen LogP contribution >= 0.6 is 0 Å². The van der Waals surface area contributed by atoms with Crippen LogP contribution in [0.25, 0.3) is 10.9 Å². The third kappa shape index (κ3) is 2.63. The Balaban J connectivity index is 1.93. The van der Waals surface area contributed by atoms with Gasteiger partial charge in [-0.05, 0) is 29.8 Å². The number of carbonyl (C=O) groups is 1. The number of rotatable bonds is 3. The summed E-state index contributed by atoms with van der Waals surface area (Å²) < 4.78 is 19.6. The zero-order valence-electron chi connectivity index (χ0n) is 11.4. The van der Waals surface area contributed by atoms with Gasteiger partial charge in [-0.1, -0.05) is 12.1 Å². The summed E-state index contributed by atoms with van der Waals surface area (Å²) in [5, 5.41) is 0.910. The van der Waals surface area contributed by atoms with Crippen LogP contribution < -0.4 is 0 Å². The SMILES string of the molecule is COC(=O)c1cc2ccn(Cc3ccc(F)cc3)c2cn1. The first-order chi connectivity index (χ1) is 10.2. The molecule has 0 saturated heterocycles. The fourth-order valence-corrected chi connectivity index (χ4v) is 2.23. The smallest absolute Gasteiger partial charge is 0.356 e. The number of methoxy groups -OCH3 is 1. The Kier molecular flexibility index (Phi) is 3.39. The molecule has 2 aromatic heterocycles. The minimum atomic E-state index is -0.455. The van der Waals surface area contributed by atoms with E-state index in [2.05, 4.69) is 9.72 Å². The maximum absolute atomic E-state index is 12.9. The Bertz CT molecular complexity index is 794. The van der Waals surface area contributed by atoms with Gasteiger partial charge in [0, 0.05) is 18.1 Å². The number of halogens is 1. The molecule has 0 bridgehead atoms. The van der Waals surface area contributed by atoms with Crippen LogP contribution in [0, 0.1) is 5.82 Å². The Morgan fingerprint density at radius 2 is 2.05 bits per heavy atom. The van der Waals surface area contributed by atoms with Crippen molar-refractivity contribution in [3.05, 3.63) is 65.9 Å². The van der Waals surface area contributed by atoms with Gasteiger partial charge in [0.1, 0.15) is 11.5 Å². The largest absolute Gasteiger partial charge is 0.464 e. The lowest BCUT2D eigenvalue weighted by Crippen LogP contribution is -2.04. The van der Waals surface area contributed by atoms with Gasteiger partial charge in [-0.3, -0.25) is 0 Å². The van der Waals surface area contributed by atoms with Crippen molar-refractivity contribution in [2.75, 3.05) is 7.11 Å². The summed E-state index contributed by atoms with van der Waals surface area (Å²) in [7, 11) is 1.33. The molecule has 0 aliphatic heterocycles. The highest BCUT2D eigenvalue weighted by Gasteiger charge is 2.10. The van der Waals surface area contributed by atoms with Gasteiger partial charge < -0.3 is 9.30 Å². The van der Waals surface area contributed by atoms with Gasteiger partial charge in [0.25, 0.3) is 0 Å². The molecule has 0 aliphatic carbocycles. The maximum atomic E-state index is 12.9. The number of esters is 1. The second-order valence-electron chi connectivity index (χ2n) is 4.69. The summed E-state index contributed by atoms with van der Waals surface area (Å²) >= 11 is 0. The average molecular weight is 284 g/mol. The highest BCUT2D eigenvalue weighted by molar-refractivity contribution is 5.92. The van der Waals surface area contributed by atoms with E-state index in [-0.39, 0.29) is 11.5 Å². The summed E-state index contributed by atoms with van der Waals surface area (Å²) in [6, 6.07) is 9.98. The molecule has 0 amide bonds. The van der Waals surface area contributed by atoms with Gasteiger partial charge >= 0.3 is 5.97 Å². The lowest BCUT2D eigenvalue weighted by atomic mass is 10.2. The molecule has 4 nitrogen and oxygen atoms in total. The normalized spacial score (nSPS) is 10.8. The molecule has 0 spiro atoms. The van der Waals surface area contributed by atoms with Crippen molar-refractivity contribution in [2.24, 2.45) is 0 Å². The zero-order valence-corrected chi connectivity index (χ0v) is 11.4. The molecule has 0 atom stereocenters. The van der Waals surface area contributed by atoms with E-state index in [1.165, 1.54) is 19.2 Å². The number of aromatic nitrogens is 2. The lowest BCUT2D eigenvalue weighted by Gasteiger charge is -2.06. The van der Waals surface area contributed by atoms with E-state index in [0.717, 1.165) is 16.5 Å². The quantitative estimate of drug-likeness (QED) is 0.694. The molecule has 1 aromatic carbocycles. The van der Waals surface area contributed by atoms with E-state index >= 15 is 0 Å². The van der Waals surface area contributed by atoms with E-state index in [4.69, 9.17) is 0 Å². The molecule has 0 N–H and O–H groups in total. The van der Waals surface area contributed by atoms with Crippen LogP contribution in [0.4, 0.5) is 4.39 Å². The highest BCUT2D eigenvalue weighted by Crippen LogP contribution is 2.18. The predicted molar refractivity (Wildman–Crippen MR) is 76.6 cm³/mol. The van der Waals surface area contributed by atoms with Crippen LogP contribution in [0.1, 0.15) is 16.1 Å². The minimum Gasteiger partial charge on any atom is -0.464 e. The average Bonchev–Trinajstić information content (AvgIpc) is 2.91. The van der Waals surface area contributed by atoms with Crippen LogP contribution in [-0.2, 0) is 11.3 Å². The molecule has 3 aromatic rings. The van der Waals surface area contributed by atoms with Crippen LogP contribution in [0.15, 0.2) is 48.8 Å². The topological polar surface area (TPSA) is 44.1 Å². The van der Waals surface area contributed by atoms with Crippen molar-refractivity contribution in [1.29, 1.82) is 0 Å². The molecule has 0 saturated carbocycles. The number of hydrogen-bond donors (Lipinski definition) is 0. The second-order valence-corrected chi connectivity index (χ2v) is 4.69. The molecular weight excluding hydrogens is 271 g/mol. The molecule has 0 fully saturated rings. The first-order valence-electron chi connectivity index (χ1n) is 6.45. The monoisotopic (exact) mass is 284 g/mol. The molecule has 3 rings (SSSR count). The van der Waals surface area contributed by atoms with Crippen LogP contribution in [0.2, 0.25) is 0 Å². The van der Waals surface area contributed by atoms with Crippen molar-refractivity contribution in [2.45, 2.75) is 6.54 Å². The summed E-state index contributed by atoms with van der Waals surface area (Å²) in [6.07, 6.45) is 3.56. The Hall–Kier alpha value is -2.69. The molecular formula is C16H13FN2O2. The van der Waals surface area contributed by atoms with Crippen molar-refractivity contribution in [1.82, 2.24) is 9.55 Å². The molecule has 106 valence electrons. The summed E-state index contributed by atoms with van der Waals surface area (Å²) in [5.74, 6) is -0.705. The number of fused-ring (bicyclic) bond motifs is 1. The first-order valence-corrected chi connectivity index (χ1v) is 6.45. The van der Waals surface area contributed by atoms with Gasteiger partial charge in [-0.15, -0.1) is 0 Å². The fraction of sp³-hybridized carbons (Fsp3) is 0.125. The van der Waals surface area contributed by atoms with Crippen molar-refractivity contribution in [3.8, 4) is 0 Å². The molecule has 0 unspecified atom stereocenters. The summed E-state index contributed by atoms with van der Waals surface area (Å²) in [5.41, 5.74) is 2.18. The minimum absolute atomic E-state index is 0.250. The predicted octanol–water partition coefficient (Wildman–Crippen LogP) is 3.01. The maximum Gasteiger partial charge on any atom is 0.356 e. The molecule has 5 heteroatoms. The van der Waals surface area contributed by atoms with Crippen LogP contribution in [-0.4, -0.2) is 22.6 Å². The number of pyridine rings is 1. The van der Waals surface area contributed by atoms with E-state index in [1.807, 2.05) is 16.8 Å². The van der Waals surface area contributed by atoms with Gasteiger partial charge in [0.2, 0.25) is 0 Å². The number of hydrogen-bond acceptors (Lipinski definition) is 3. The molecule has 0 aliphatic rings. The number of nitrogens with zero attached hydrogens (tertiary/aromatic N) is 2. The number of carbonyl (C=O) groups excluding carboxylic acids is 1. The molecule has 0 radical (unpaired) electrons. The third-order valence-electron chi connectivity index (χ3n) is 3.32. The van der Waals surface area contributed by atoms with Gasteiger partial charge in [-0.25, -0.2) is 14.2 Å². The Morgan fingerprint density at radius 3 is 2.76 bits per heavy atom. The zero-order chi connectivity index (χ0) is 14.8. The van der Waals surface area contributed by atoms with Gasteiger partial charge in [0.05, 0.1) is 18.8 Å². The van der Waals surface area contributed by atoms with Crippen LogP contribution in [0.5, 0.6) is 0 Å².